The Bertz CT molecular complexity index is 1100. The van der Waals surface area contributed by atoms with Crippen LogP contribution in [0.2, 0.25) is 0 Å². The first-order valence-electron chi connectivity index (χ1n) is 11.9. The number of carbonyl (C=O) groups is 2. The van der Waals surface area contributed by atoms with Crippen LogP contribution in [0, 0.1) is 5.21 Å². The minimum atomic E-state index is -4.56. The van der Waals surface area contributed by atoms with E-state index in [4.69, 9.17) is 0 Å². The molecule has 2 amide bonds. The molecule has 1 saturated heterocycles. The number of alkyl halides is 3. The summed E-state index contributed by atoms with van der Waals surface area (Å²) in [6.07, 6.45) is 1.58. The van der Waals surface area contributed by atoms with Crippen molar-refractivity contribution in [2.45, 2.75) is 56.0 Å². The van der Waals surface area contributed by atoms with E-state index in [1.807, 2.05) is 0 Å². The maximum absolute atomic E-state index is 12.8. The number of aliphatic hydroxyl groups is 1. The van der Waals surface area contributed by atoms with E-state index in [0.717, 1.165) is 44.0 Å². The van der Waals surface area contributed by atoms with E-state index < -0.39 is 29.2 Å². The first-order chi connectivity index (χ1) is 17.0. The lowest BCUT2D eigenvalue weighted by molar-refractivity contribution is -0.606. The zero-order chi connectivity index (χ0) is 25.9. The van der Waals surface area contributed by atoms with Crippen LogP contribution >= 0.6 is 0 Å². The summed E-state index contributed by atoms with van der Waals surface area (Å²) in [4.78, 5) is 26.8. The van der Waals surface area contributed by atoms with E-state index in [-0.39, 0.29) is 24.2 Å². The van der Waals surface area contributed by atoms with Gasteiger partial charge >= 0.3 is 6.18 Å². The monoisotopic (exact) mass is 506 g/mol. The van der Waals surface area contributed by atoms with E-state index in [0.29, 0.717) is 29.7 Å². The summed E-state index contributed by atoms with van der Waals surface area (Å²) in [5.74, 6) is -1.16. The Kier molecular flexibility index (Phi) is 7.51. The number of pyridine rings is 1. The molecule has 11 heteroatoms. The lowest BCUT2D eigenvalue weighted by atomic mass is 9.78. The highest BCUT2D eigenvalue weighted by Gasteiger charge is 2.39. The summed E-state index contributed by atoms with van der Waals surface area (Å²) in [7, 11) is 0. The lowest BCUT2D eigenvalue weighted by Gasteiger charge is -2.39. The highest BCUT2D eigenvalue weighted by atomic mass is 19.4. The molecule has 3 N–H and O–H groups in total. The summed E-state index contributed by atoms with van der Waals surface area (Å²) in [5, 5.41) is 27.8. The molecule has 2 aromatic rings. The number of nitrogens with zero attached hydrogens (tertiary/aromatic N) is 2. The molecule has 1 aliphatic carbocycles. The van der Waals surface area contributed by atoms with Crippen LogP contribution in [-0.2, 0) is 16.6 Å². The molecule has 36 heavy (non-hydrogen) atoms. The second kappa shape index (κ2) is 10.4. The van der Waals surface area contributed by atoms with Crippen LogP contribution in [-0.4, -0.2) is 53.5 Å². The van der Waals surface area contributed by atoms with Gasteiger partial charge in [-0.2, -0.15) is 17.9 Å². The van der Waals surface area contributed by atoms with Crippen molar-refractivity contribution in [3.05, 3.63) is 70.7 Å². The number of nitrogens with one attached hydrogen (secondary N) is 2. The van der Waals surface area contributed by atoms with Crippen LogP contribution in [0.1, 0.15) is 53.6 Å². The molecule has 0 unspecified atom stereocenters. The summed E-state index contributed by atoms with van der Waals surface area (Å²) >= 11 is 0. The summed E-state index contributed by atoms with van der Waals surface area (Å²) < 4.78 is 39.2. The third kappa shape index (κ3) is 6.14. The van der Waals surface area contributed by atoms with Crippen LogP contribution in [0.15, 0.2) is 48.8 Å². The predicted octanol–water partition coefficient (Wildman–Crippen LogP) is 2.09. The largest absolute Gasteiger partial charge is 0.619 e. The second-order valence-electron chi connectivity index (χ2n) is 9.52. The number of amides is 2. The Hall–Kier alpha value is -3.18. The van der Waals surface area contributed by atoms with Gasteiger partial charge in [0.25, 0.3) is 5.91 Å². The number of halogens is 3. The summed E-state index contributed by atoms with van der Waals surface area (Å²) in [6, 6.07) is 7.60. The third-order valence-electron chi connectivity index (χ3n) is 7.06. The van der Waals surface area contributed by atoms with Gasteiger partial charge in [0, 0.05) is 42.4 Å². The van der Waals surface area contributed by atoms with Crippen molar-refractivity contribution in [2.24, 2.45) is 0 Å². The second-order valence-corrected chi connectivity index (χ2v) is 9.52. The molecular weight excluding hydrogens is 477 g/mol. The highest BCUT2D eigenvalue weighted by molar-refractivity contribution is 5.96. The van der Waals surface area contributed by atoms with E-state index in [1.165, 1.54) is 18.5 Å². The first-order valence-corrected chi connectivity index (χ1v) is 11.9. The smallest absolute Gasteiger partial charge is 0.416 e. The molecule has 2 aliphatic rings. The number of hydrogen-bond acceptors (Lipinski definition) is 5. The Balaban J connectivity index is 1.22. The maximum Gasteiger partial charge on any atom is 0.416 e. The third-order valence-corrected chi connectivity index (χ3v) is 7.06. The van der Waals surface area contributed by atoms with Gasteiger partial charge in [0.05, 0.1) is 17.7 Å². The van der Waals surface area contributed by atoms with Gasteiger partial charge in [-0.3, -0.25) is 14.5 Å². The fourth-order valence-electron chi connectivity index (χ4n) is 5.08. The quantitative estimate of drug-likeness (QED) is 0.411. The predicted molar refractivity (Wildman–Crippen MR) is 123 cm³/mol. The van der Waals surface area contributed by atoms with E-state index in [1.54, 1.807) is 12.1 Å². The van der Waals surface area contributed by atoms with Crippen molar-refractivity contribution in [2.75, 3.05) is 19.6 Å². The normalized spacial score (nSPS) is 24.9. The fraction of sp³-hybridized carbons (Fsp3) is 0.480. The molecule has 1 atom stereocenters. The van der Waals surface area contributed by atoms with Gasteiger partial charge < -0.3 is 20.9 Å². The Morgan fingerprint density at radius 2 is 1.92 bits per heavy atom. The number of likely N-dealkylation sites (tertiary alicyclic amines) is 1. The number of hydrogen-bond donors (Lipinski definition) is 3. The zero-order valence-corrected chi connectivity index (χ0v) is 19.6. The standard InChI is InChI=1S/C25H29F3N4O4/c26-25(27,28)18-4-1-3-17(13-18)23(34)29-14-22(33)30-20-8-12-31(16-20)21-6-9-24(35,10-7-21)19-5-2-11-32(36)15-19/h1-5,11,13,15,20-21,35H,6-10,12,14,16H2,(H,29,34)(H,30,33)/t20-,21?,24?/m1/s1. The number of carbonyl (C=O) groups excluding carboxylic acids is 2. The fourth-order valence-corrected chi connectivity index (χ4v) is 5.08. The summed E-state index contributed by atoms with van der Waals surface area (Å²) in [5.41, 5.74) is -1.49. The van der Waals surface area contributed by atoms with Gasteiger partial charge in [0.15, 0.2) is 12.4 Å². The summed E-state index contributed by atoms with van der Waals surface area (Å²) in [6.45, 7) is 1.09. The van der Waals surface area contributed by atoms with Gasteiger partial charge in [0.2, 0.25) is 5.91 Å². The van der Waals surface area contributed by atoms with Crippen LogP contribution in [0.5, 0.6) is 0 Å². The van der Waals surface area contributed by atoms with Gasteiger partial charge in [-0.25, -0.2) is 0 Å². The molecule has 1 saturated carbocycles. The zero-order valence-electron chi connectivity index (χ0n) is 19.6. The molecule has 1 aromatic carbocycles. The molecular formula is C25H29F3N4O4. The average molecular weight is 507 g/mol. The van der Waals surface area contributed by atoms with E-state index in [2.05, 4.69) is 15.5 Å². The molecule has 4 rings (SSSR count). The van der Waals surface area contributed by atoms with Crippen molar-refractivity contribution in [1.29, 1.82) is 0 Å². The SMILES string of the molecule is O=C(CNC(=O)c1cccc(C(F)(F)F)c1)N[C@@H]1CCN(C2CCC(O)(c3ccc[n+]([O-])c3)CC2)C1. The molecule has 0 bridgehead atoms. The lowest BCUT2D eigenvalue weighted by Crippen LogP contribution is -2.45. The molecule has 194 valence electrons. The van der Waals surface area contributed by atoms with Crippen LogP contribution < -0.4 is 15.4 Å². The Labute approximate surface area is 206 Å². The van der Waals surface area contributed by atoms with Crippen LogP contribution in [0.4, 0.5) is 13.2 Å². The number of benzene rings is 1. The topological polar surface area (TPSA) is 109 Å². The molecule has 1 aliphatic heterocycles. The molecule has 0 spiro atoms. The highest BCUT2D eigenvalue weighted by Crippen LogP contribution is 2.38. The van der Waals surface area contributed by atoms with Crippen molar-refractivity contribution in [1.82, 2.24) is 15.5 Å². The minimum absolute atomic E-state index is 0.0997. The van der Waals surface area contributed by atoms with Crippen molar-refractivity contribution < 1.29 is 32.6 Å². The Morgan fingerprint density at radius 3 is 2.61 bits per heavy atom. The van der Waals surface area contributed by atoms with E-state index in [9.17, 15) is 33.1 Å². The molecule has 2 fully saturated rings. The van der Waals surface area contributed by atoms with Gasteiger partial charge in [-0.1, -0.05) is 6.07 Å². The first kappa shape index (κ1) is 25.9. The van der Waals surface area contributed by atoms with Crippen molar-refractivity contribution >= 4 is 11.8 Å². The van der Waals surface area contributed by atoms with Gasteiger partial charge in [-0.05, 0) is 56.4 Å². The number of rotatable bonds is 6. The Morgan fingerprint density at radius 1 is 1.17 bits per heavy atom. The van der Waals surface area contributed by atoms with Gasteiger partial charge in [0.1, 0.15) is 0 Å². The van der Waals surface area contributed by atoms with Crippen LogP contribution in [0.25, 0.3) is 0 Å². The number of aromatic nitrogens is 1. The molecule has 2 heterocycles. The van der Waals surface area contributed by atoms with Crippen molar-refractivity contribution in [3.8, 4) is 0 Å². The molecule has 8 nitrogen and oxygen atoms in total. The maximum atomic E-state index is 12.8. The molecule has 0 radical (unpaired) electrons. The minimum Gasteiger partial charge on any atom is -0.619 e. The van der Waals surface area contributed by atoms with E-state index >= 15 is 0 Å². The van der Waals surface area contributed by atoms with Crippen molar-refractivity contribution in [3.63, 3.8) is 0 Å². The molecule has 1 aromatic heterocycles. The average Bonchev–Trinajstić information content (AvgIpc) is 3.31. The van der Waals surface area contributed by atoms with Gasteiger partial charge in [-0.15, -0.1) is 0 Å². The van der Waals surface area contributed by atoms with Crippen LogP contribution in [0.3, 0.4) is 0 Å².